The molecule has 2 N–H and O–H groups in total. The minimum absolute atomic E-state index is 1.07. The van der Waals surface area contributed by atoms with Crippen molar-refractivity contribution in [2.45, 2.75) is 0 Å². The van der Waals surface area contributed by atoms with Crippen molar-refractivity contribution in [3.8, 4) is 20.9 Å². The SMILES string of the molecule is c1cc(N2CCNCC2)ccc1-c1ccc(-c2ccc(N3CCNCC3)cc2)s1. The first kappa shape index (κ1) is 18.7. The summed E-state index contributed by atoms with van der Waals surface area (Å²) >= 11 is 1.87. The fraction of sp³-hybridized carbons (Fsp3) is 0.333. The summed E-state index contributed by atoms with van der Waals surface area (Å²) in [5.74, 6) is 0. The Bertz CT molecular complexity index is 844. The van der Waals surface area contributed by atoms with Gasteiger partial charge < -0.3 is 20.4 Å². The van der Waals surface area contributed by atoms with Gasteiger partial charge in [-0.2, -0.15) is 0 Å². The molecule has 3 aromatic rings. The van der Waals surface area contributed by atoms with E-state index < -0.39 is 0 Å². The lowest BCUT2D eigenvalue weighted by atomic mass is 10.1. The number of rotatable bonds is 4. The molecule has 2 aromatic carbocycles. The molecule has 29 heavy (non-hydrogen) atoms. The minimum Gasteiger partial charge on any atom is -0.369 e. The lowest BCUT2D eigenvalue weighted by molar-refractivity contribution is 0.589. The van der Waals surface area contributed by atoms with Crippen LogP contribution in [0.15, 0.2) is 60.7 Å². The molecular weight excluding hydrogens is 376 g/mol. The van der Waals surface area contributed by atoms with Crippen molar-refractivity contribution < 1.29 is 0 Å². The van der Waals surface area contributed by atoms with E-state index in [1.165, 1.54) is 32.3 Å². The van der Waals surface area contributed by atoms with Gasteiger partial charge in [0.1, 0.15) is 0 Å². The molecule has 2 fully saturated rings. The van der Waals surface area contributed by atoms with Crippen molar-refractivity contribution in [1.82, 2.24) is 10.6 Å². The third-order valence-electron chi connectivity index (χ3n) is 5.87. The van der Waals surface area contributed by atoms with Crippen LogP contribution in [0.5, 0.6) is 0 Å². The molecule has 2 aliphatic rings. The van der Waals surface area contributed by atoms with Crippen LogP contribution in [0.1, 0.15) is 0 Å². The number of thiophene rings is 1. The maximum atomic E-state index is 3.42. The first-order chi connectivity index (χ1) is 14.4. The number of hydrogen-bond donors (Lipinski definition) is 2. The summed E-state index contributed by atoms with van der Waals surface area (Å²) < 4.78 is 0. The topological polar surface area (TPSA) is 30.5 Å². The Morgan fingerprint density at radius 1 is 0.517 bits per heavy atom. The standard InChI is InChI=1S/C24H28N4S/c1-5-21(27-15-11-25-12-16-27)6-2-19(1)23-9-10-24(29-23)20-3-7-22(8-4-20)28-17-13-26-14-18-28/h1-10,25-26H,11-18H2. The van der Waals surface area contributed by atoms with Crippen LogP contribution in [-0.4, -0.2) is 52.4 Å². The van der Waals surface area contributed by atoms with Crippen molar-refractivity contribution in [2.75, 3.05) is 62.2 Å². The molecule has 150 valence electrons. The summed E-state index contributed by atoms with van der Waals surface area (Å²) in [6.07, 6.45) is 0. The Morgan fingerprint density at radius 2 is 0.897 bits per heavy atom. The maximum Gasteiger partial charge on any atom is 0.0367 e. The zero-order valence-corrected chi connectivity index (χ0v) is 17.5. The molecule has 2 aliphatic heterocycles. The largest absolute Gasteiger partial charge is 0.369 e. The van der Waals surface area contributed by atoms with E-state index in [4.69, 9.17) is 0 Å². The highest BCUT2D eigenvalue weighted by Gasteiger charge is 2.12. The second-order valence-corrected chi connectivity index (χ2v) is 8.82. The van der Waals surface area contributed by atoms with Gasteiger partial charge in [-0.1, -0.05) is 24.3 Å². The third kappa shape index (κ3) is 4.17. The summed E-state index contributed by atoms with van der Waals surface area (Å²) in [6, 6.07) is 22.6. The zero-order chi connectivity index (χ0) is 19.5. The highest BCUT2D eigenvalue weighted by Crippen LogP contribution is 2.35. The Kier molecular flexibility index (Phi) is 5.52. The van der Waals surface area contributed by atoms with E-state index in [1.54, 1.807) is 0 Å². The predicted molar refractivity (Wildman–Crippen MR) is 125 cm³/mol. The molecule has 3 heterocycles. The fourth-order valence-electron chi connectivity index (χ4n) is 4.17. The average Bonchev–Trinajstić information content (AvgIpc) is 3.31. The smallest absolute Gasteiger partial charge is 0.0367 e. The predicted octanol–water partition coefficient (Wildman–Crippen LogP) is 3.90. The van der Waals surface area contributed by atoms with Crippen LogP contribution >= 0.6 is 11.3 Å². The molecule has 4 nitrogen and oxygen atoms in total. The summed E-state index contributed by atoms with van der Waals surface area (Å²) in [6.45, 7) is 8.65. The highest BCUT2D eigenvalue weighted by atomic mass is 32.1. The summed E-state index contributed by atoms with van der Waals surface area (Å²) in [7, 11) is 0. The molecule has 0 aliphatic carbocycles. The molecule has 2 saturated heterocycles. The van der Waals surface area contributed by atoms with E-state index in [0.29, 0.717) is 0 Å². The average molecular weight is 405 g/mol. The van der Waals surface area contributed by atoms with Gasteiger partial charge in [-0.05, 0) is 47.5 Å². The number of nitrogens with zero attached hydrogens (tertiary/aromatic N) is 2. The van der Waals surface area contributed by atoms with Crippen LogP contribution in [-0.2, 0) is 0 Å². The Hall–Kier alpha value is -2.34. The second-order valence-electron chi connectivity index (χ2n) is 7.73. The minimum atomic E-state index is 1.07. The van der Waals surface area contributed by atoms with Crippen LogP contribution in [0.25, 0.3) is 20.9 Å². The molecule has 0 saturated carbocycles. The molecule has 0 atom stereocenters. The number of benzene rings is 2. The molecule has 0 unspecified atom stereocenters. The van der Waals surface area contributed by atoms with E-state index in [1.807, 2.05) is 11.3 Å². The monoisotopic (exact) mass is 404 g/mol. The van der Waals surface area contributed by atoms with Gasteiger partial charge in [0.25, 0.3) is 0 Å². The fourth-order valence-corrected chi connectivity index (χ4v) is 5.18. The normalized spacial score (nSPS) is 17.5. The third-order valence-corrected chi connectivity index (χ3v) is 7.06. The molecule has 0 radical (unpaired) electrons. The van der Waals surface area contributed by atoms with Crippen LogP contribution in [0, 0.1) is 0 Å². The van der Waals surface area contributed by atoms with Gasteiger partial charge in [0, 0.05) is 73.5 Å². The number of anilines is 2. The molecule has 0 amide bonds. The zero-order valence-electron chi connectivity index (χ0n) is 16.7. The number of nitrogens with one attached hydrogen (secondary N) is 2. The van der Waals surface area contributed by atoms with E-state index in [0.717, 1.165) is 52.4 Å². The van der Waals surface area contributed by atoms with E-state index >= 15 is 0 Å². The highest BCUT2D eigenvalue weighted by molar-refractivity contribution is 7.18. The van der Waals surface area contributed by atoms with Crippen LogP contribution in [0.3, 0.4) is 0 Å². The molecule has 1 aromatic heterocycles. The number of hydrogen-bond acceptors (Lipinski definition) is 5. The first-order valence-corrected chi connectivity index (χ1v) is 11.4. The Morgan fingerprint density at radius 3 is 1.28 bits per heavy atom. The van der Waals surface area contributed by atoms with Gasteiger partial charge in [-0.15, -0.1) is 11.3 Å². The van der Waals surface area contributed by atoms with Gasteiger partial charge in [0.05, 0.1) is 0 Å². The molecule has 5 rings (SSSR count). The van der Waals surface area contributed by atoms with Gasteiger partial charge in [0.2, 0.25) is 0 Å². The van der Waals surface area contributed by atoms with Crippen molar-refractivity contribution in [3.63, 3.8) is 0 Å². The van der Waals surface area contributed by atoms with Gasteiger partial charge in [0.15, 0.2) is 0 Å². The van der Waals surface area contributed by atoms with Gasteiger partial charge in [-0.3, -0.25) is 0 Å². The van der Waals surface area contributed by atoms with Crippen molar-refractivity contribution in [2.24, 2.45) is 0 Å². The van der Waals surface area contributed by atoms with Crippen LogP contribution in [0.2, 0.25) is 0 Å². The molecule has 0 bridgehead atoms. The maximum absolute atomic E-state index is 3.42. The molecular formula is C24H28N4S. The van der Waals surface area contributed by atoms with Crippen molar-refractivity contribution in [1.29, 1.82) is 0 Å². The quantitative estimate of drug-likeness (QED) is 0.690. The summed E-state index contributed by atoms with van der Waals surface area (Å²) in [5.41, 5.74) is 5.27. The Labute approximate surface area is 177 Å². The van der Waals surface area contributed by atoms with Crippen molar-refractivity contribution >= 4 is 22.7 Å². The summed E-state index contributed by atoms with van der Waals surface area (Å²) in [5, 5.41) is 6.83. The van der Waals surface area contributed by atoms with Crippen LogP contribution in [0.4, 0.5) is 11.4 Å². The van der Waals surface area contributed by atoms with Crippen molar-refractivity contribution in [3.05, 3.63) is 60.7 Å². The molecule has 5 heteroatoms. The lowest BCUT2D eigenvalue weighted by Gasteiger charge is -2.29. The van der Waals surface area contributed by atoms with Crippen LogP contribution < -0.4 is 20.4 Å². The second kappa shape index (κ2) is 8.57. The number of piperazine rings is 2. The lowest BCUT2D eigenvalue weighted by Crippen LogP contribution is -2.43. The van der Waals surface area contributed by atoms with E-state index in [2.05, 4.69) is 81.1 Å². The summed E-state index contributed by atoms with van der Waals surface area (Å²) in [4.78, 5) is 7.58. The molecule has 0 spiro atoms. The van der Waals surface area contributed by atoms with E-state index in [9.17, 15) is 0 Å². The van der Waals surface area contributed by atoms with Gasteiger partial charge >= 0.3 is 0 Å². The van der Waals surface area contributed by atoms with Gasteiger partial charge in [-0.25, -0.2) is 0 Å². The van der Waals surface area contributed by atoms with E-state index in [-0.39, 0.29) is 0 Å². The Balaban J connectivity index is 1.30. The first-order valence-electron chi connectivity index (χ1n) is 10.6.